The molecule has 0 aromatic carbocycles. The normalized spacial score (nSPS) is 13.8. The zero-order chi connectivity index (χ0) is 19.5. The first-order valence-corrected chi connectivity index (χ1v) is 10.2. The van der Waals surface area contributed by atoms with Crippen molar-refractivity contribution in [3.05, 3.63) is 57.7 Å². The highest BCUT2D eigenvalue weighted by Gasteiger charge is 2.26. The molecule has 0 radical (unpaired) electrons. The summed E-state index contributed by atoms with van der Waals surface area (Å²) in [5.74, 6) is -1.26. The number of pyridine rings is 1. The van der Waals surface area contributed by atoms with Crippen LogP contribution in [-0.4, -0.2) is 45.0 Å². The van der Waals surface area contributed by atoms with Crippen LogP contribution >= 0.6 is 11.3 Å². The van der Waals surface area contributed by atoms with Crippen LogP contribution in [0.1, 0.15) is 26.5 Å². The zero-order valence-electron chi connectivity index (χ0n) is 15.3. The molecule has 4 rings (SSSR count). The average Bonchev–Trinajstić information content (AvgIpc) is 3.32. The van der Waals surface area contributed by atoms with Gasteiger partial charge in [0.1, 0.15) is 0 Å². The Morgan fingerprint density at radius 3 is 3.07 bits per heavy atom. The van der Waals surface area contributed by atoms with Crippen molar-refractivity contribution < 1.29 is 15.0 Å². The lowest BCUT2D eigenvalue weighted by Gasteiger charge is -2.16. The molecule has 1 unspecified atom stereocenters. The standard InChI is InChI=1S/C20H22N4O3S/c25-14(11-22-7-5-15-2-1-9-28-15)12-24-19(20(26)27)17-4-3-13-10-21-8-6-16(13)18(17)23-24/h1-2,6,8-10,14,22,25H,3-5,7,11-12H2,(H,26,27)/p-1. The van der Waals surface area contributed by atoms with E-state index in [1.54, 1.807) is 23.7 Å². The summed E-state index contributed by atoms with van der Waals surface area (Å²) in [5, 5.41) is 31.9. The van der Waals surface area contributed by atoms with E-state index in [9.17, 15) is 15.0 Å². The second kappa shape index (κ2) is 8.22. The lowest BCUT2D eigenvalue weighted by Crippen LogP contribution is -2.34. The minimum atomic E-state index is -1.26. The van der Waals surface area contributed by atoms with Gasteiger partial charge in [0.2, 0.25) is 0 Å². The molecule has 146 valence electrons. The molecule has 0 amide bonds. The lowest BCUT2D eigenvalue weighted by molar-refractivity contribution is -0.256. The molecule has 0 aliphatic heterocycles. The van der Waals surface area contributed by atoms with Crippen molar-refractivity contribution in [2.75, 3.05) is 13.1 Å². The molecule has 1 aliphatic carbocycles. The van der Waals surface area contributed by atoms with Gasteiger partial charge in [0, 0.05) is 41.5 Å². The van der Waals surface area contributed by atoms with Crippen LogP contribution in [0.5, 0.6) is 0 Å². The van der Waals surface area contributed by atoms with Crippen molar-refractivity contribution in [1.29, 1.82) is 0 Å². The van der Waals surface area contributed by atoms with Gasteiger partial charge in [0.25, 0.3) is 0 Å². The molecule has 7 nitrogen and oxygen atoms in total. The number of carboxylic acid groups (broad SMARTS) is 1. The molecule has 8 heteroatoms. The molecule has 3 heterocycles. The highest BCUT2D eigenvalue weighted by molar-refractivity contribution is 7.09. The predicted octanol–water partition coefficient (Wildman–Crippen LogP) is 0.662. The van der Waals surface area contributed by atoms with E-state index in [4.69, 9.17) is 0 Å². The molecular formula is C20H21N4O3S-. The number of aliphatic hydroxyl groups excluding tert-OH is 1. The Morgan fingerprint density at radius 2 is 2.29 bits per heavy atom. The van der Waals surface area contributed by atoms with Gasteiger partial charge in [0.05, 0.1) is 30.0 Å². The van der Waals surface area contributed by atoms with E-state index in [0.717, 1.165) is 30.5 Å². The Morgan fingerprint density at radius 1 is 1.39 bits per heavy atom. The number of nitrogens with one attached hydrogen (secondary N) is 1. The minimum Gasteiger partial charge on any atom is -0.543 e. The summed E-state index contributed by atoms with van der Waals surface area (Å²) in [6, 6.07) is 5.95. The van der Waals surface area contributed by atoms with Crippen LogP contribution in [0.15, 0.2) is 36.0 Å². The predicted molar refractivity (Wildman–Crippen MR) is 104 cm³/mol. The first-order chi connectivity index (χ1) is 13.6. The van der Waals surface area contributed by atoms with Gasteiger partial charge in [0.15, 0.2) is 0 Å². The minimum absolute atomic E-state index is 0.0649. The van der Waals surface area contributed by atoms with Gasteiger partial charge in [-0.3, -0.25) is 9.67 Å². The third-order valence-electron chi connectivity index (χ3n) is 4.94. The molecule has 1 atom stereocenters. The first-order valence-electron chi connectivity index (χ1n) is 9.29. The van der Waals surface area contributed by atoms with E-state index in [1.165, 1.54) is 9.56 Å². The van der Waals surface area contributed by atoms with Gasteiger partial charge in [-0.15, -0.1) is 11.3 Å². The topological polar surface area (TPSA) is 103 Å². The van der Waals surface area contributed by atoms with Crippen LogP contribution in [0.2, 0.25) is 0 Å². The van der Waals surface area contributed by atoms with Crippen LogP contribution < -0.4 is 10.4 Å². The Balaban J connectivity index is 1.46. The fourth-order valence-electron chi connectivity index (χ4n) is 3.63. The largest absolute Gasteiger partial charge is 0.543 e. The summed E-state index contributed by atoms with van der Waals surface area (Å²) in [6.07, 6.45) is 4.91. The van der Waals surface area contributed by atoms with E-state index < -0.39 is 12.1 Å². The van der Waals surface area contributed by atoms with Crippen molar-refractivity contribution in [2.45, 2.75) is 31.9 Å². The maximum absolute atomic E-state index is 11.8. The number of fused-ring (bicyclic) bond motifs is 3. The van der Waals surface area contributed by atoms with E-state index in [0.29, 0.717) is 24.2 Å². The highest BCUT2D eigenvalue weighted by Crippen LogP contribution is 2.33. The van der Waals surface area contributed by atoms with E-state index in [2.05, 4.69) is 21.5 Å². The summed E-state index contributed by atoms with van der Waals surface area (Å²) in [4.78, 5) is 17.2. The molecule has 0 saturated heterocycles. The summed E-state index contributed by atoms with van der Waals surface area (Å²) in [5.41, 5.74) is 3.36. The van der Waals surface area contributed by atoms with Crippen LogP contribution in [0, 0.1) is 0 Å². The Bertz CT molecular complexity index is 968. The summed E-state index contributed by atoms with van der Waals surface area (Å²) < 4.78 is 1.38. The molecule has 3 aromatic rings. The molecule has 0 bridgehead atoms. The smallest absolute Gasteiger partial charge is 0.0966 e. The number of aryl methyl sites for hydroxylation is 1. The number of aliphatic hydroxyl groups is 1. The number of carbonyl (C=O) groups is 1. The van der Waals surface area contributed by atoms with Crippen molar-refractivity contribution in [1.82, 2.24) is 20.1 Å². The van der Waals surface area contributed by atoms with Gasteiger partial charge >= 0.3 is 0 Å². The summed E-state index contributed by atoms with van der Waals surface area (Å²) in [6.45, 7) is 1.21. The Hall–Kier alpha value is -2.55. The monoisotopic (exact) mass is 397 g/mol. The molecular weight excluding hydrogens is 376 g/mol. The van der Waals surface area contributed by atoms with Crippen LogP contribution in [0.3, 0.4) is 0 Å². The van der Waals surface area contributed by atoms with Crippen molar-refractivity contribution in [2.24, 2.45) is 0 Å². The summed E-state index contributed by atoms with van der Waals surface area (Å²) in [7, 11) is 0. The molecule has 28 heavy (non-hydrogen) atoms. The molecule has 2 N–H and O–H groups in total. The van der Waals surface area contributed by atoms with Gasteiger partial charge in [-0.2, -0.15) is 5.10 Å². The van der Waals surface area contributed by atoms with Crippen LogP contribution in [-0.2, 0) is 25.8 Å². The van der Waals surface area contributed by atoms with E-state index >= 15 is 0 Å². The third kappa shape index (κ3) is 3.84. The summed E-state index contributed by atoms with van der Waals surface area (Å²) >= 11 is 1.71. The average molecular weight is 397 g/mol. The number of carbonyl (C=O) groups excluding carboxylic acids is 1. The van der Waals surface area contributed by atoms with Gasteiger partial charge in [-0.25, -0.2) is 0 Å². The maximum atomic E-state index is 11.8. The van der Waals surface area contributed by atoms with Crippen molar-refractivity contribution >= 4 is 17.3 Å². The van der Waals surface area contributed by atoms with E-state index in [-0.39, 0.29) is 12.2 Å². The van der Waals surface area contributed by atoms with Crippen LogP contribution in [0.25, 0.3) is 11.3 Å². The number of aromatic nitrogens is 3. The zero-order valence-corrected chi connectivity index (χ0v) is 16.1. The number of nitrogens with zero attached hydrogens (tertiary/aromatic N) is 3. The van der Waals surface area contributed by atoms with Gasteiger partial charge in [-0.05, 0) is 42.3 Å². The molecule has 1 aliphatic rings. The highest BCUT2D eigenvalue weighted by atomic mass is 32.1. The SMILES string of the molecule is O=C([O-])c1c2c(nn1CC(O)CNCCc1cccs1)-c1ccncc1CC2. The third-order valence-corrected chi connectivity index (χ3v) is 5.88. The molecule has 0 fully saturated rings. The van der Waals surface area contributed by atoms with Gasteiger partial charge < -0.3 is 20.3 Å². The van der Waals surface area contributed by atoms with Crippen molar-refractivity contribution in [3.8, 4) is 11.3 Å². The van der Waals surface area contributed by atoms with E-state index in [1.807, 2.05) is 17.5 Å². The van der Waals surface area contributed by atoms with Crippen LogP contribution in [0.4, 0.5) is 0 Å². The number of aromatic carboxylic acids is 1. The fraction of sp³-hybridized carbons (Fsp3) is 0.350. The quantitative estimate of drug-likeness (QED) is 0.542. The van der Waals surface area contributed by atoms with Crippen molar-refractivity contribution in [3.63, 3.8) is 0 Å². The number of rotatable bonds is 8. The Labute approximate surface area is 166 Å². The number of hydrogen-bond donors (Lipinski definition) is 2. The maximum Gasteiger partial charge on any atom is 0.0966 e. The molecule has 0 saturated carbocycles. The number of carboxylic acids is 1. The number of hydrogen-bond acceptors (Lipinski definition) is 7. The molecule has 0 spiro atoms. The molecule has 3 aromatic heterocycles. The second-order valence-electron chi connectivity index (χ2n) is 6.87. The van der Waals surface area contributed by atoms with Gasteiger partial charge in [-0.1, -0.05) is 6.07 Å². The fourth-order valence-corrected chi connectivity index (χ4v) is 4.34. The first kappa shape index (κ1) is 18.8. The lowest BCUT2D eigenvalue weighted by atomic mass is 9.90. The Kier molecular flexibility index (Phi) is 5.52. The number of thiophene rings is 1. The second-order valence-corrected chi connectivity index (χ2v) is 7.90.